The topological polar surface area (TPSA) is 52.9 Å². The number of benzene rings is 1. The Hall–Kier alpha value is -1.50. The highest BCUT2D eigenvalue weighted by atomic mass is 35.5. The highest BCUT2D eigenvalue weighted by Crippen LogP contribution is 2.27. The smallest absolute Gasteiger partial charge is 0.262 e. The Labute approximate surface area is 128 Å². The van der Waals surface area contributed by atoms with E-state index in [2.05, 4.69) is 5.32 Å². The second kappa shape index (κ2) is 6.78. The van der Waals surface area contributed by atoms with Crippen molar-refractivity contribution in [3.05, 3.63) is 39.4 Å². The molecule has 0 aliphatic heterocycles. The molecule has 0 bridgehead atoms. The van der Waals surface area contributed by atoms with E-state index in [0.29, 0.717) is 15.6 Å². The maximum atomic E-state index is 12.1. The number of rotatable bonds is 3. The van der Waals surface area contributed by atoms with Crippen LogP contribution in [0.2, 0.25) is 10.0 Å². The van der Waals surface area contributed by atoms with Crippen molar-refractivity contribution in [1.29, 1.82) is 5.26 Å². The molecule has 1 fully saturated rings. The number of hydrogen-bond donors (Lipinski definition) is 1. The third-order valence-electron chi connectivity index (χ3n) is 3.34. The van der Waals surface area contributed by atoms with Crippen LogP contribution in [0.1, 0.15) is 31.2 Å². The first-order valence-electron chi connectivity index (χ1n) is 6.48. The first-order chi connectivity index (χ1) is 9.61. The fourth-order valence-electron chi connectivity index (χ4n) is 2.27. The van der Waals surface area contributed by atoms with Gasteiger partial charge in [0.1, 0.15) is 11.6 Å². The minimum Gasteiger partial charge on any atom is -0.349 e. The molecule has 0 aromatic heterocycles. The van der Waals surface area contributed by atoms with E-state index in [0.717, 1.165) is 25.7 Å². The summed E-state index contributed by atoms with van der Waals surface area (Å²) in [5, 5.41) is 12.8. The van der Waals surface area contributed by atoms with Gasteiger partial charge in [-0.25, -0.2) is 0 Å². The maximum Gasteiger partial charge on any atom is 0.262 e. The zero-order valence-electron chi connectivity index (χ0n) is 10.8. The minimum atomic E-state index is -0.351. The minimum absolute atomic E-state index is 0.0427. The van der Waals surface area contributed by atoms with Gasteiger partial charge in [-0.2, -0.15) is 5.26 Å². The van der Waals surface area contributed by atoms with Gasteiger partial charge in [-0.3, -0.25) is 4.79 Å². The van der Waals surface area contributed by atoms with Crippen molar-refractivity contribution in [3.63, 3.8) is 0 Å². The normalized spacial score (nSPS) is 15.9. The van der Waals surface area contributed by atoms with Crippen LogP contribution in [0.3, 0.4) is 0 Å². The highest BCUT2D eigenvalue weighted by Gasteiger charge is 2.19. The van der Waals surface area contributed by atoms with E-state index in [1.807, 2.05) is 6.07 Å². The van der Waals surface area contributed by atoms with Gasteiger partial charge < -0.3 is 5.32 Å². The third kappa shape index (κ3) is 3.53. The van der Waals surface area contributed by atoms with Crippen LogP contribution in [0.25, 0.3) is 6.08 Å². The molecule has 1 aliphatic rings. The van der Waals surface area contributed by atoms with Crippen molar-refractivity contribution < 1.29 is 4.79 Å². The van der Waals surface area contributed by atoms with Crippen molar-refractivity contribution in [3.8, 4) is 6.07 Å². The van der Waals surface area contributed by atoms with Gasteiger partial charge in [0.15, 0.2) is 0 Å². The summed E-state index contributed by atoms with van der Waals surface area (Å²) in [7, 11) is 0. The Morgan fingerprint density at radius 2 is 2.05 bits per heavy atom. The van der Waals surface area contributed by atoms with Crippen LogP contribution in [-0.2, 0) is 4.79 Å². The Bertz CT molecular complexity index is 584. The lowest BCUT2D eigenvalue weighted by Gasteiger charge is -2.11. The third-order valence-corrected chi connectivity index (χ3v) is 4.17. The fourth-order valence-corrected chi connectivity index (χ4v) is 2.63. The van der Waals surface area contributed by atoms with Crippen molar-refractivity contribution in [2.45, 2.75) is 31.7 Å². The van der Waals surface area contributed by atoms with Gasteiger partial charge in [0.05, 0.1) is 10.0 Å². The Kier molecular flexibility index (Phi) is 5.05. The van der Waals surface area contributed by atoms with E-state index in [-0.39, 0.29) is 17.5 Å². The van der Waals surface area contributed by atoms with E-state index >= 15 is 0 Å². The van der Waals surface area contributed by atoms with Crippen molar-refractivity contribution in [1.82, 2.24) is 5.32 Å². The van der Waals surface area contributed by atoms with E-state index in [9.17, 15) is 4.79 Å². The van der Waals surface area contributed by atoms with Gasteiger partial charge in [0.25, 0.3) is 5.91 Å². The van der Waals surface area contributed by atoms with Crippen LogP contribution in [0, 0.1) is 11.3 Å². The molecule has 2 rings (SSSR count). The lowest BCUT2D eigenvalue weighted by Crippen LogP contribution is -2.33. The molecule has 1 aromatic carbocycles. The van der Waals surface area contributed by atoms with E-state index in [1.54, 1.807) is 18.2 Å². The van der Waals surface area contributed by atoms with E-state index < -0.39 is 0 Å². The molecule has 3 nitrogen and oxygen atoms in total. The fraction of sp³-hybridized carbons (Fsp3) is 0.333. The van der Waals surface area contributed by atoms with Gasteiger partial charge >= 0.3 is 0 Å². The molecule has 1 N–H and O–H groups in total. The monoisotopic (exact) mass is 308 g/mol. The summed E-state index contributed by atoms with van der Waals surface area (Å²) in [6.45, 7) is 0. The quantitative estimate of drug-likeness (QED) is 0.679. The molecule has 20 heavy (non-hydrogen) atoms. The van der Waals surface area contributed by atoms with Crippen LogP contribution in [-0.4, -0.2) is 11.9 Å². The van der Waals surface area contributed by atoms with Gasteiger partial charge in [-0.15, -0.1) is 0 Å². The molecule has 0 saturated heterocycles. The molecule has 0 atom stereocenters. The highest BCUT2D eigenvalue weighted by molar-refractivity contribution is 6.43. The van der Waals surface area contributed by atoms with E-state index in [1.165, 1.54) is 6.08 Å². The first-order valence-corrected chi connectivity index (χ1v) is 7.24. The number of nitrogens with one attached hydrogen (secondary N) is 1. The van der Waals surface area contributed by atoms with Crippen molar-refractivity contribution >= 4 is 35.2 Å². The number of hydrogen-bond acceptors (Lipinski definition) is 2. The molecule has 0 heterocycles. The lowest BCUT2D eigenvalue weighted by atomic mass is 10.1. The predicted molar refractivity (Wildman–Crippen MR) is 80.5 cm³/mol. The summed E-state index contributed by atoms with van der Waals surface area (Å²) < 4.78 is 0. The van der Waals surface area contributed by atoms with Crippen LogP contribution >= 0.6 is 23.2 Å². The summed E-state index contributed by atoms with van der Waals surface area (Å²) >= 11 is 12.0. The van der Waals surface area contributed by atoms with Gasteiger partial charge in [-0.05, 0) is 30.5 Å². The molecule has 0 unspecified atom stereocenters. The standard InChI is InChI=1S/C15H14Cl2N2O/c16-13-7-3-4-10(14(13)17)8-11(9-18)15(20)19-12-5-1-2-6-12/h3-4,7-8,12H,1-2,5-6H2,(H,19,20)/b11-8+. The van der Waals surface area contributed by atoms with Gasteiger partial charge in [-0.1, -0.05) is 48.2 Å². The molecule has 1 aromatic rings. The molecule has 104 valence electrons. The van der Waals surface area contributed by atoms with Crippen LogP contribution in [0.15, 0.2) is 23.8 Å². The molecule has 1 saturated carbocycles. The van der Waals surface area contributed by atoms with Crippen molar-refractivity contribution in [2.24, 2.45) is 0 Å². The molecule has 5 heteroatoms. The first kappa shape index (κ1) is 14.9. The summed E-state index contributed by atoms with van der Waals surface area (Å²) in [6, 6.07) is 7.19. The molecule has 1 aliphatic carbocycles. The van der Waals surface area contributed by atoms with Crippen LogP contribution in [0.5, 0.6) is 0 Å². The molecule has 1 amide bonds. The zero-order chi connectivity index (χ0) is 14.5. The van der Waals surface area contributed by atoms with Crippen LogP contribution < -0.4 is 5.32 Å². The second-order valence-electron chi connectivity index (χ2n) is 4.77. The predicted octanol–water partition coefficient (Wildman–Crippen LogP) is 3.96. The summed E-state index contributed by atoms with van der Waals surface area (Å²) in [5.74, 6) is -0.351. The molecule has 0 spiro atoms. The van der Waals surface area contributed by atoms with Gasteiger partial charge in [0, 0.05) is 6.04 Å². The Morgan fingerprint density at radius 1 is 1.35 bits per heavy atom. The lowest BCUT2D eigenvalue weighted by molar-refractivity contribution is -0.117. The number of amides is 1. The molecular weight excluding hydrogens is 295 g/mol. The molecular formula is C15H14Cl2N2O. The second-order valence-corrected chi connectivity index (χ2v) is 5.55. The average Bonchev–Trinajstić information content (AvgIpc) is 2.93. The summed E-state index contributed by atoms with van der Waals surface area (Å²) in [5.41, 5.74) is 0.610. The largest absolute Gasteiger partial charge is 0.349 e. The van der Waals surface area contributed by atoms with Gasteiger partial charge in [0.2, 0.25) is 0 Å². The number of nitriles is 1. The summed E-state index contributed by atoms with van der Waals surface area (Å²) in [6.07, 6.45) is 5.66. The summed E-state index contributed by atoms with van der Waals surface area (Å²) in [4.78, 5) is 12.1. The zero-order valence-corrected chi connectivity index (χ0v) is 12.3. The number of carbonyl (C=O) groups excluding carboxylic acids is 1. The number of halogens is 2. The maximum absolute atomic E-state index is 12.1. The van der Waals surface area contributed by atoms with Crippen molar-refractivity contribution in [2.75, 3.05) is 0 Å². The SMILES string of the molecule is N#C/C(=C\c1cccc(Cl)c1Cl)C(=O)NC1CCCC1. The molecule has 0 radical (unpaired) electrons. The van der Waals surface area contributed by atoms with E-state index in [4.69, 9.17) is 28.5 Å². The Morgan fingerprint density at radius 3 is 2.70 bits per heavy atom. The average molecular weight is 309 g/mol. The number of carbonyl (C=O) groups is 1. The van der Waals surface area contributed by atoms with Crippen LogP contribution in [0.4, 0.5) is 0 Å². The Balaban J connectivity index is 2.18. The number of nitrogens with zero attached hydrogens (tertiary/aromatic N) is 1.